The maximum Gasteiger partial charge on any atom is 0.156 e. The Hall–Kier alpha value is -2.40. The highest BCUT2D eigenvalue weighted by molar-refractivity contribution is 5.89. The Balaban J connectivity index is 1.88. The Labute approximate surface area is 141 Å². The van der Waals surface area contributed by atoms with E-state index in [0.29, 0.717) is 6.54 Å². The van der Waals surface area contributed by atoms with Crippen molar-refractivity contribution < 1.29 is 5.11 Å². The third-order valence-corrected chi connectivity index (χ3v) is 4.66. The summed E-state index contributed by atoms with van der Waals surface area (Å²) in [5.41, 5.74) is 3.04. The number of anilines is 1. The minimum atomic E-state index is 0.0899. The van der Waals surface area contributed by atoms with Crippen LogP contribution in [0.5, 0.6) is 0 Å². The van der Waals surface area contributed by atoms with Gasteiger partial charge in [0.05, 0.1) is 12.1 Å². The maximum absolute atomic E-state index is 9.51. The van der Waals surface area contributed by atoms with Gasteiger partial charge >= 0.3 is 0 Å². The Morgan fingerprint density at radius 1 is 1.00 bits per heavy atom. The fourth-order valence-corrected chi connectivity index (χ4v) is 3.51. The van der Waals surface area contributed by atoms with Gasteiger partial charge in [-0.05, 0) is 25.3 Å². The van der Waals surface area contributed by atoms with Crippen LogP contribution in [0.15, 0.2) is 42.6 Å². The maximum atomic E-state index is 9.51. The van der Waals surface area contributed by atoms with Gasteiger partial charge in [0.1, 0.15) is 11.3 Å². The van der Waals surface area contributed by atoms with Gasteiger partial charge in [-0.15, -0.1) is 0 Å². The fourth-order valence-electron chi connectivity index (χ4n) is 3.51. The van der Waals surface area contributed by atoms with Crippen LogP contribution < -0.4 is 4.90 Å². The number of benzene rings is 1. The lowest BCUT2D eigenvalue weighted by molar-refractivity contribution is 0.278. The van der Waals surface area contributed by atoms with Crippen molar-refractivity contribution in [2.45, 2.75) is 25.8 Å². The second-order valence-corrected chi connectivity index (χ2v) is 6.23. The highest BCUT2D eigenvalue weighted by atomic mass is 16.3. The molecule has 124 valence electrons. The van der Waals surface area contributed by atoms with E-state index in [-0.39, 0.29) is 6.61 Å². The summed E-state index contributed by atoms with van der Waals surface area (Å²) in [7, 11) is 0. The zero-order valence-corrected chi connectivity index (χ0v) is 13.7. The second-order valence-electron chi connectivity index (χ2n) is 6.23. The molecule has 1 fully saturated rings. The number of hydrogen-bond acceptors (Lipinski definition) is 4. The lowest BCUT2D eigenvalue weighted by Crippen LogP contribution is -2.30. The van der Waals surface area contributed by atoms with E-state index < -0.39 is 0 Å². The van der Waals surface area contributed by atoms with E-state index in [1.165, 1.54) is 19.3 Å². The average molecular weight is 322 g/mol. The Kier molecular flexibility index (Phi) is 4.17. The molecule has 1 aromatic carbocycles. The molecule has 0 unspecified atom stereocenters. The smallest absolute Gasteiger partial charge is 0.156 e. The van der Waals surface area contributed by atoms with Crippen LogP contribution in [-0.4, -0.2) is 39.3 Å². The molecular weight excluding hydrogens is 300 g/mol. The van der Waals surface area contributed by atoms with Gasteiger partial charge in [0, 0.05) is 31.4 Å². The summed E-state index contributed by atoms with van der Waals surface area (Å²) in [5.74, 6) is 1.87. The summed E-state index contributed by atoms with van der Waals surface area (Å²) in [6.07, 6.45) is 5.57. The minimum absolute atomic E-state index is 0.0899. The predicted molar refractivity (Wildman–Crippen MR) is 96.1 cm³/mol. The Morgan fingerprint density at radius 3 is 2.54 bits per heavy atom. The van der Waals surface area contributed by atoms with Crippen LogP contribution in [0.25, 0.3) is 22.4 Å². The molecule has 5 heteroatoms. The van der Waals surface area contributed by atoms with Crippen molar-refractivity contribution in [2.24, 2.45) is 0 Å². The molecule has 0 radical (unpaired) electrons. The summed E-state index contributed by atoms with van der Waals surface area (Å²) in [6, 6.07) is 12.1. The predicted octanol–water partition coefficient (Wildman–Crippen LogP) is 3.08. The lowest BCUT2D eigenvalue weighted by atomic mass is 10.1. The zero-order chi connectivity index (χ0) is 16.4. The third kappa shape index (κ3) is 2.65. The SMILES string of the molecule is OCCn1c(-c2ccccc2)nc2c(N3CCCCC3)nccc21. The van der Waals surface area contributed by atoms with Crippen LogP contribution in [-0.2, 0) is 6.54 Å². The Bertz CT molecular complexity index is 822. The number of fused-ring (bicyclic) bond motifs is 1. The van der Waals surface area contributed by atoms with Gasteiger partial charge in [-0.1, -0.05) is 30.3 Å². The van der Waals surface area contributed by atoms with E-state index in [2.05, 4.69) is 26.6 Å². The number of hydrogen-bond donors (Lipinski definition) is 1. The fraction of sp³-hybridized carbons (Fsp3) is 0.368. The molecule has 5 nitrogen and oxygen atoms in total. The molecule has 24 heavy (non-hydrogen) atoms. The molecule has 0 amide bonds. The highest BCUT2D eigenvalue weighted by Crippen LogP contribution is 2.30. The van der Waals surface area contributed by atoms with Crippen LogP contribution in [0.4, 0.5) is 5.82 Å². The van der Waals surface area contributed by atoms with E-state index >= 15 is 0 Å². The monoisotopic (exact) mass is 322 g/mol. The van der Waals surface area contributed by atoms with Crippen molar-refractivity contribution in [3.63, 3.8) is 0 Å². The Morgan fingerprint density at radius 2 is 1.79 bits per heavy atom. The largest absolute Gasteiger partial charge is 0.395 e. The second kappa shape index (κ2) is 6.61. The number of piperidine rings is 1. The van der Waals surface area contributed by atoms with Gasteiger partial charge in [0.2, 0.25) is 0 Å². The summed E-state index contributed by atoms with van der Waals surface area (Å²) >= 11 is 0. The van der Waals surface area contributed by atoms with Crippen molar-refractivity contribution >= 4 is 16.9 Å². The molecule has 3 heterocycles. The molecule has 0 saturated carbocycles. The van der Waals surface area contributed by atoms with Crippen LogP contribution in [0.2, 0.25) is 0 Å². The molecule has 3 aromatic rings. The molecule has 0 atom stereocenters. The van der Waals surface area contributed by atoms with Crippen molar-refractivity contribution in [3.05, 3.63) is 42.6 Å². The van der Waals surface area contributed by atoms with Crippen LogP contribution in [0.3, 0.4) is 0 Å². The first-order valence-electron chi connectivity index (χ1n) is 8.65. The van der Waals surface area contributed by atoms with Gasteiger partial charge in [0.25, 0.3) is 0 Å². The molecular formula is C19H22N4O. The topological polar surface area (TPSA) is 54.2 Å². The van der Waals surface area contributed by atoms with E-state index in [1.807, 2.05) is 30.5 Å². The quantitative estimate of drug-likeness (QED) is 0.802. The zero-order valence-electron chi connectivity index (χ0n) is 13.7. The summed E-state index contributed by atoms with van der Waals surface area (Å²) in [5, 5.41) is 9.51. The van der Waals surface area contributed by atoms with E-state index in [0.717, 1.165) is 41.3 Å². The summed E-state index contributed by atoms with van der Waals surface area (Å²) in [4.78, 5) is 11.9. The number of aromatic nitrogens is 3. The number of imidazole rings is 1. The molecule has 0 aliphatic carbocycles. The normalized spacial score (nSPS) is 15.1. The standard InChI is InChI=1S/C19H22N4O/c24-14-13-23-16-9-10-20-19(22-11-5-2-6-12-22)17(16)21-18(23)15-7-3-1-4-8-15/h1,3-4,7-10,24H,2,5-6,11-14H2. The number of rotatable bonds is 4. The first kappa shape index (κ1) is 15.1. The molecule has 4 rings (SSSR count). The minimum Gasteiger partial charge on any atom is -0.395 e. The van der Waals surface area contributed by atoms with Gasteiger partial charge in [-0.3, -0.25) is 0 Å². The van der Waals surface area contributed by atoms with E-state index in [4.69, 9.17) is 4.98 Å². The number of nitrogens with zero attached hydrogens (tertiary/aromatic N) is 4. The van der Waals surface area contributed by atoms with Crippen molar-refractivity contribution in [1.29, 1.82) is 0 Å². The molecule has 1 saturated heterocycles. The van der Waals surface area contributed by atoms with E-state index in [9.17, 15) is 5.11 Å². The van der Waals surface area contributed by atoms with Crippen LogP contribution in [0.1, 0.15) is 19.3 Å². The molecule has 0 bridgehead atoms. The van der Waals surface area contributed by atoms with Crippen molar-refractivity contribution in [1.82, 2.24) is 14.5 Å². The first-order chi connectivity index (χ1) is 11.9. The van der Waals surface area contributed by atoms with Gasteiger partial charge in [0.15, 0.2) is 5.82 Å². The first-order valence-corrected chi connectivity index (χ1v) is 8.65. The van der Waals surface area contributed by atoms with E-state index in [1.54, 1.807) is 0 Å². The molecule has 1 N–H and O–H groups in total. The summed E-state index contributed by atoms with van der Waals surface area (Å²) in [6.45, 7) is 2.70. The van der Waals surface area contributed by atoms with Gasteiger partial charge < -0.3 is 14.6 Å². The van der Waals surface area contributed by atoms with Crippen LogP contribution >= 0.6 is 0 Å². The molecule has 0 spiro atoms. The van der Waals surface area contributed by atoms with Gasteiger partial charge in [-0.2, -0.15) is 0 Å². The number of aliphatic hydroxyl groups is 1. The summed E-state index contributed by atoms with van der Waals surface area (Å²) < 4.78 is 2.10. The van der Waals surface area contributed by atoms with Crippen molar-refractivity contribution in [2.75, 3.05) is 24.6 Å². The number of pyridine rings is 1. The lowest BCUT2D eigenvalue weighted by Gasteiger charge is -2.27. The van der Waals surface area contributed by atoms with Gasteiger partial charge in [-0.25, -0.2) is 9.97 Å². The van der Waals surface area contributed by atoms with Crippen LogP contribution in [0, 0.1) is 0 Å². The molecule has 2 aromatic heterocycles. The third-order valence-electron chi connectivity index (χ3n) is 4.66. The highest BCUT2D eigenvalue weighted by Gasteiger charge is 2.20. The average Bonchev–Trinajstić information content (AvgIpc) is 3.02. The van der Waals surface area contributed by atoms with Crippen molar-refractivity contribution in [3.8, 4) is 11.4 Å². The number of aliphatic hydroxyl groups excluding tert-OH is 1. The molecule has 1 aliphatic heterocycles. The molecule has 1 aliphatic rings.